The fraction of sp³-hybridized carbons (Fsp3) is 0.652. The number of anilines is 1. The molecule has 0 heterocycles. The first-order valence-electron chi connectivity index (χ1n) is 10.3. The summed E-state index contributed by atoms with van der Waals surface area (Å²) in [6, 6.07) is 7.81. The van der Waals surface area contributed by atoms with Crippen LogP contribution in [0.1, 0.15) is 78.2 Å². The van der Waals surface area contributed by atoms with Crippen LogP contribution in [0.15, 0.2) is 24.3 Å². The van der Waals surface area contributed by atoms with Crippen molar-refractivity contribution < 1.29 is 14.3 Å². The fourth-order valence-electron chi connectivity index (χ4n) is 3.90. The number of ether oxygens (including phenoxy) is 1. The maximum atomic E-state index is 12.3. The van der Waals surface area contributed by atoms with Gasteiger partial charge in [-0.1, -0.05) is 52.8 Å². The van der Waals surface area contributed by atoms with E-state index in [0.717, 1.165) is 43.4 Å². The number of carbonyl (C=O) groups is 2. The second kappa shape index (κ2) is 9.38. The molecule has 27 heavy (non-hydrogen) atoms. The van der Waals surface area contributed by atoms with E-state index in [0.29, 0.717) is 11.8 Å². The molecule has 0 bridgehead atoms. The molecule has 0 aromatic heterocycles. The van der Waals surface area contributed by atoms with Crippen LogP contribution in [-0.2, 0) is 14.3 Å². The number of carbonyl (C=O) groups excluding carboxylic acids is 2. The molecule has 1 aromatic carbocycles. The zero-order valence-corrected chi connectivity index (χ0v) is 17.5. The zero-order chi connectivity index (χ0) is 20.0. The van der Waals surface area contributed by atoms with Gasteiger partial charge in [0.2, 0.25) is 0 Å². The Morgan fingerprint density at radius 2 is 1.78 bits per heavy atom. The lowest BCUT2D eigenvalue weighted by Gasteiger charge is -2.36. The summed E-state index contributed by atoms with van der Waals surface area (Å²) in [5.41, 5.74) is 2.20. The van der Waals surface area contributed by atoms with E-state index in [9.17, 15) is 9.59 Å². The van der Waals surface area contributed by atoms with Gasteiger partial charge in [-0.15, -0.1) is 0 Å². The number of hydrogen-bond acceptors (Lipinski definition) is 3. The predicted octanol–water partition coefficient (Wildman–Crippen LogP) is 5.53. The van der Waals surface area contributed by atoms with E-state index in [1.807, 2.05) is 24.3 Å². The van der Waals surface area contributed by atoms with Gasteiger partial charge in [0.25, 0.3) is 5.91 Å². The summed E-state index contributed by atoms with van der Waals surface area (Å²) >= 11 is 0. The van der Waals surface area contributed by atoms with E-state index in [1.54, 1.807) is 0 Å². The van der Waals surface area contributed by atoms with Gasteiger partial charge in [-0.2, -0.15) is 0 Å². The molecular weight excluding hydrogens is 338 g/mol. The number of nitrogens with one attached hydrogen (secondary N) is 1. The van der Waals surface area contributed by atoms with E-state index >= 15 is 0 Å². The molecule has 1 atom stereocenters. The van der Waals surface area contributed by atoms with Crippen molar-refractivity contribution in [2.45, 2.75) is 72.6 Å². The van der Waals surface area contributed by atoms with Gasteiger partial charge in [-0.25, -0.2) is 0 Å². The van der Waals surface area contributed by atoms with Gasteiger partial charge in [0, 0.05) is 5.69 Å². The molecule has 1 amide bonds. The molecule has 1 saturated carbocycles. The molecule has 0 unspecified atom stereocenters. The van der Waals surface area contributed by atoms with Crippen LogP contribution in [0.3, 0.4) is 0 Å². The van der Waals surface area contributed by atoms with Crippen LogP contribution in [0.25, 0.3) is 0 Å². The van der Waals surface area contributed by atoms with Crippen molar-refractivity contribution in [2.24, 2.45) is 17.3 Å². The SMILES string of the molecule is CC[C@@H](C)c1ccccc1NC(=O)COC(=O)C1CCC(C(C)(C)C)CC1. The predicted molar refractivity (Wildman–Crippen MR) is 110 cm³/mol. The summed E-state index contributed by atoms with van der Waals surface area (Å²) in [7, 11) is 0. The topological polar surface area (TPSA) is 55.4 Å². The third-order valence-corrected chi connectivity index (χ3v) is 6.01. The Hall–Kier alpha value is -1.84. The minimum Gasteiger partial charge on any atom is -0.455 e. The number of rotatable bonds is 6. The maximum Gasteiger partial charge on any atom is 0.309 e. The monoisotopic (exact) mass is 373 g/mol. The summed E-state index contributed by atoms with van der Waals surface area (Å²) < 4.78 is 5.31. The second-order valence-corrected chi connectivity index (χ2v) is 8.97. The Morgan fingerprint density at radius 3 is 2.37 bits per heavy atom. The molecule has 1 N–H and O–H groups in total. The third kappa shape index (κ3) is 6.08. The van der Waals surface area contributed by atoms with Crippen molar-refractivity contribution in [3.63, 3.8) is 0 Å². The van der Waals surface area contributed by atoms with Crippen LogP contribution in [0.5, 0.6) is 0 Å². The number of para-hydroxylation sites is 1. The quantitative estimate of drug-likeness (QED) is 0.667. The Morgan fingerprint density at radius 1 is 1.15 bits per heavy atom. The Labute approximate surface area is 164 Å². The molecule has 4 heteroatoms. The Bertz CT molecular complexity index is 639. The minimum absolute atomic E-state index is 0.0659. The van der Waals surface area contributed by atoms with Gasteiger partial charge in [0.05, 0.1) is 5.92 Å². The van der Waals surface area contributed by atoms with E-state index in [2.05, 4.69) is 39.9 Å². The van der Waals surface area contributed by atoms with E-state index in [1.165, 1.54) is 0 Å². The molecule has 0 radical (unpaired) electrons. The average molecular weight is 374 g/mol. The molecule has 0 saturated heterocycles. The van der Waals surface area contributed by atoms with Crippen LogP contribution in [0.2, 0.25) is 0 Å². The van der Waals surface area contributed by atoms with Gasteiger partial charge in [0.1, 0.15) is 0 Å². The van der Waals surface area contributed by atoms with Gasteiger partial charge < -0.3 is 10.1 Å². The second-order valence-electron chi connectivity index (χ2n) is 8.97. The van der Waals surface area contributed by atoms with Crippen molar-refractivity contribution in [3.05, 3.63) is 29.8 Å². The van der Waals surface area contributed by atoms with Gasteiger partial charge >= 0.3 is 5.97 Å². The van der Waals surface area contributed by atoms with Crippen molar-refractivity contribution >= 4 is 17.6 Å². The molecule has 150 valence electrons. The summed E-state index contributed by atoms with van der Waals surface area (Å²) in [4.78, 5) is 24.6. The summed E-state index contributed by atoms with van der Waals surface area (Å²) in [6.07, 6.45) is 4.83. The third-order valence-electron chi connectivity index (χ3n) is 6.01. The van der Waals surface area contributed by atoms with Crippen LogP contribution in [0, 0.1) is 17.3 Å². The van der Waals surface area contributed by atoms with Crippen LogP contribution in [-0.4, -0.2) is 18.5 Å². The molecule has 4 nitrogen and oxygen atoms in total. The van der Waals surface area contributed by atoms with E-state index in [-0.39, 0.29) is 29.8 Å². The highest BCUT2D eigenvalue weighted by atomic mass is 16.5. The van der Waals surface area contributed by atoms with Crippen LogP contribution >= 0.6 is 0 Å². The Balaban J connectivity index is 1.82. The lowest BCUT2D eigenvalue weighted by Crippen LogP contribution is -2.31. The van der Waals surface area contributed by atoms with Crippen molar-refractivity contribution in [1.82, 2.24) is 0 Å². The lowest BCUT2D eigenvalue weighted by molar-refractivity contribution is -0.153. The fourth-order valence-corrected chi connectivity index (χ4v) is 3.90. The zero-order valence-electron chi connectivity index (χ0n) is 17.5. The van der Waals surface area contributed by atoms with Crippen LogP contribution < -0.4 is 5.32 Å². The van der Waals surface area contributed by atoms with E-state index < -0.39 is 0 Å². The first kappa shape index (κ1) is 21.5. The standard InChI is InChI=1S/C23H35NO3/c1-6-16(2)19-9-7-8-10-20(19)24-21(25)15-27-22(26)17-11-13-18(14-12-17)23(3,4)5/h7-10,16-18H,6,11-15H2,1-5H3,(H,24,25)/t16-,17?,18?/m1/s1. The molecule has 1 aliphatic carbocycles. The van der Waals surface area contributed by atoms with Crippen molar-refractivity contribution in [2.75, 3.05) is 11.9 Å². The molecule has 1 fully saturated rings. The van der Waals surface area contributed by atoms with Crippen LogP contribution in [0.4, 0.5) is 5.69 Å². The highest BCUT2D eigenvalue weighted by molar-refractivity contribution is 5.93. The molecular formula is C23H35NO3. The molecule has 2 rings (SSSR count). The number of benzene rings is 1. The van der Waals surface area contributed by atoms with Crippen molar-refractivity contribution in [1.29, 1.82) is 0 Å². The molecule has 0 spiro atoms. The summed E-state index contributed by atoms with van der Waals surface area (Å²) in [5.74, 6) is 0.447. The summed E-state index contributed by atoms with van der Waals surface area (Å²) in [5, 5.41) is 2.89. The number of esters is 1. The largest absolute Gasteiger partial charge is 0.455 e. The summed E-state index contributed by atoms with van der Waals surface area (Å²) in [6.45, 7) is 10.8. The first-order valence-corrected chi connectivity index (χ1v) is 10.3. The minimum atomic E-state index is -0.275. The van der Waals surface area contributed by atoms with Crippen molar-refractivity contribution in [3.8, 4) is 0 Å². The molecule has 0 aliphatic heterocycles. The van der Waals surface area contributed by atoms with Gasteiger partial charge in [-0.05, 0) is 61.0 Å². The van der Waals surface area contributed by atoms with Gasteiger partial charge in [-0.3, -0.25) is 9.59 Å². The highest BCUT2D eigenvalue weighted by Gasteiger charge is 2.33. The Kier molecular flexibility index (Phi) is 7.46. The lowest BCUT2D eigenvalue weighted by atomic mass is 9.70. The van der Waals surface area contributed by atoms with E-state index in [4.69, 9.17) is 4.74 Å². The number of hydrogen-bond donors (Lipinski definition) is 1. The normalized spacial score (nSPS) is 21.4. The highest BCUT2D eigenvalue weighted by Crippen LogP contribution is 2.40. The molecule has 1 aromatic rings. The first-order chi connectivity index (χ1) is 12.7. The average Bonchev–Trinajstić information content (AvgIpc) is 2.65. The van der Waals surface area contributed by atoms with Gasteiger partial charge in [0.15, 0.2) is 6.61 Å². The number of amides is 1. The maximum absolute atomic E-state index is 12.3. The molecule has 1 aliphatic rings. The smallest absolute Gasteiger partial charge is 0.309 e.